The molecule has 0 spiro atoms. The number of benzene rings is 4. The molecule has 41 heavy (non-hydrogen) atoms. The smallest absolute Gasteiger partial charge is 0.308 e. The summed E-state index contributed by atoms with van der Waals surface area (Å²) in [6, 6.07) is 22.4. The van der Waals surface area contributed by atoms with E-state index in [9.17, 15) is 17.8 Å². The molecule has 13 heteroatoms. The lowest BCUT2D eigenvalue weighted by atomic mass is 10.1. The van der Waals surface area contributed by atoms with Crippen molar-refractivity contribution in [3.63, 3.8) is 0 Å². The second-order valence-electron chi connectivity index (χ2n) is 8.67. The Kier molecular flexibility index (Phi) is 9.96. The lowest BCUT2D eigenvalue weighted by molar-refractivity contribution is 0.221. The van der Waals surface area contributed by atoms with Gasteiger partial charge in [-0.2, -0.15) is 0 Å². The van der Waals surface area contributed by atoms with Crippen molar-refractivity contribution in [2.24, 2.45) is 0 Å². The summed E-state index contributed by atoms with van der Waals surface area (Å²) in [5, 5.41) is 6.80. The molecular weight excluding hydrogens is 608 g/mol. The highest BCUT2D eigenvalue weighted by Gasteiger charge is 2.36. The first-order valence-corrected chi connectivity index (χ1v) is 16.5. The van der Waals surface area contributed by atoms with Crippen LogP contribution in [0.5, 0.6) is 0 Å². The number of carbonyl (C=O) groups excluding carboxylic acids is 1. The van der Waals surface area contributed by atoms with Gasteiger partial charge in [0.2, 0.25) is 0 Å². The summed E-state index contributed by atoms with van der Waals surface area (Å²) in [7, 11) is -8.34. The summed E-state index contributed by atoms with van der Waals surface area (Å²) in [6.45, 7) is 3.35. The van der Waals surface area contributed by atoms with E-state index < -0.39 is 29.9 Å². The van der Waals surface area contributed by atoms with Crippen LogP contribution in [0.1, 0.15) is 13.8 Å². The molecule has 216 valence electrons. The first-order valence-electron chi connectivity index (χ1n) is 12.6. The summed E-state index contributed by atoms with van der Waals surface area (Å²) < 4.78 is 53.8. The van der Waals surface area contributed by atoms with Gasteiger partial charge in [-0.25, -0.2) is 13.2 Å². The maximum atomic E-state index is 14.1. The number of amides is 2. The van der Waals surface area contributed by atoms with Crippen LogP contribution in [0.3, 0.4) is 0 Å². The van der Waals surface area contributed by atoms with E-state index in [2.05, 4.69) is 10.6 Å². The predicted octanol–water partition coefficient (Wildman–Crippen LogP) is 8.21. The van der Waals surface area contributed by atoms with Crippen LogP contribution in [-0.2, 0) is 23.6 Å². The van der Waals surface area contributed by atoms with Gasteiger partial charge in [-0.05, 0) is 56.3 Å². The molecule has 2 N–H and O–H groups in total. The Morgan fingerprint density at radius 2 is 1.44 bits per heavy atom. The molecule has 0 saturated carbocycles. The molecule has 0 saturated heterocycles. The van der Waals surface area contributed by atoms with Crippen LogP contribution in [0, 0.1) is 0 Å². The van der Waals surface area contributed by atoms with Crippen molar-refractivity contribution < 1.29 is 26.8 Å². The molecule has 0 aliphatic rings. The van der Waals surface area contributed by atoms with Crippen molar-refractivity contribution >= 4 is 74.7 Å². The highest BCUT2D eigenvalue weighted by atomic mass is 35.5. The zero-order valence-electron chi connectivity index (χ0n) is 22.2. The standard InChI is InChI=1S/C28H28Cl2N3O6PS/c1-3-38-40(35,39-4-2)19-33(41(36,37)23-17-20(29)16-21(30)18-23)27-15-9-12-24-25(27)13-8-14-26(24)32-28(34)31-22-10-6-5-7-11-22/h5-18H,3-4,19H2,1-2H3,(H2,31,32,34). The Hall–Kier alpha value is -3.11. The van der Waals surface area contributed by atoms with Crippen LogP contribution in [0.25, 0.3) is 10.8 Å². The third-order valence-electron chi connectivity index (χ3n) is 5.82. The van der Waals surface area contributed by atoms with E-state index in [1.165, 1.54) is 18.2 Å². The van der Waals surface area contributed by atoms with Crippen molar-refractivity contribution in [3.05, 3.63) is 95.0 Å². The molecule has 4 aromatic carbocycles. The van der Waals surface area contributed by atoms with Crippen molar-refractivity contribution in [2.45, 2.75) is 18.7 Å². The average Bonchev–Trinajstić information content (AvgIpc) is 2.92. The van der Waals surface area contributed by atoms with Gasteiger partial charge in [0.1, 0.15) is 6.29 Å². The number of urea groups is 1. The van der Waals surface area contributed by atoms with Crippen LogP contribution >= 0.6 is 30.8 Å². The number of sulfonamides is 1. The van der Waals surface area contributed by atoms with Crippen LogP contribution in [0.4, 0.5) is 21.9 Å². The first-order chi connectivity index (χ1) is 19.6. The molecular formula is C28H28Cl2N3O6PS. The number of rotatable bonds is 11. The minimum atomic E-state index is -4.40. The molecule has 4 aromatic rings. The van der Waals surface area contributed by atoms with Gasteiger partial charge in [0.15, 0.2) is 0 Å². The monoisotopic (exact) mass is 635 g/mol. The lowest BCUT2D eigenvalue weighted by Gasteiger charge is -2.29. The molecule has 0 aliphatic carbocycles. The van der Waals surface area contributed by atoms with Crippen molar-refractivity contribution in [3.8, 4) is 0 Å². The van der Waals surface area contributed by atoms with E-state index in [-0.39, 0.29) is 33.8 Å². The van der Waals surface area contributed by atoms with Gasteiger partial charge >= 0.3 is 13.6 Å². The number of nitrogens with one attached hydrogen (secondary N) is 2. The second-order valence-corrected chi connectivity index (χ2v) is 13.4. The normalized spacial score (nSPS) is 11.8. The molecule has 9 nitrogen and oxygen atoms in total. The van der Waals surface area contributed by atoms with E-state index in [0.717, 1.165) is 4.31 Å². The number of nitrogens with zero attached hydrogens (tertiary/aromatic N) is 1. The molecule has 0 heterocycles. The predicted molar refractivity (Wildman–Crippen MR) is 165 cm³/mol. The molecule has 0 aliphatic heterocycles. The highest BCUT2D eigenvalue weighted by molar-refractivity contribution is 7.93. The maximum Gasteiger partial charge on any atom is 0.350 e. The van der Waals surface area contributed by atoms with Crippen molar-refractivity contribution in [2.75, 3.05) is 34.4 Å². The average molecular weight is 636 g/mol. The van der Waals surface area contributed by atoms with E-state index in [1.807, 2.05) is 6.07 Å². The Balaban J connectivity index is 1.83. The van der Waals surface area contributed by atoms with Gasteiger partial charge < -0.3 is 19.7 Å². The second kappa shape index (κ2) is 13.2. The molecule has 0 bridgehead atoms. The van der Waals surface area contributed by atoms with Gasteiger partial charge in [-0.1, -0.05) is 65.7 Å². The van der Waals surface area contributed by atoms with E-state index in [0.29, 0.717) is 22.1 Å². The summed E-state index contributed by atoms with van der Waals surface area (Å²) in [5.41, 5.74) is 1.22. The van der Waals surface area contributed by atoms with Crippen LogP contribution in [-0.4, -0.2) is 33.9 Å². The third kappa shape index (κ3) is 7.40. The number of fused-ring (bicyclic) bond motifs is 1. The van der Waals surface area contributed by atoms with Crippen LogP contribution in [0.2, 0.25) is 10.0 Å². The number of halogens is 2. The molecule has 0 unspecified atom stereocenters. The summed E-state index contributed by atoms with van der Waals surface area (Å²) in [4.78, 5) is 12.6. The SMILES string of the molecule is CCOP(=O)(CN(c1cccc2c(NC(=O)Nc3ccccc3)cccc12)S(=O)(=O)c1cc(Cl)cc(Cl)c1)OCC. The van der Waals surface area contributed by atoms with Gasteiger partial charge in [0.25, 0.3) is 10.0 Å². The molecule has 0 atom stereocenters. The minimum absolute atomic E-state index is 0.0360. The molecule has 2 amide bonds. The molecule has 0 aromatic heterocycles. The fraction of sp³-hybridized carbons (Fsp3) is 0.179. The highest BCUT2D eigenvalue weighted by Crippen LogP contribution is 2.51. The van der Waals surface area contributed by atoms with Gasteiger partial charge in [-0.3, -0.25) is 8.87 Å². The number of hydrogen-bond donors (Lipinski definition) is 2. The minimum Gasteiger partial charge on any atom is -0.308 e. The molecule has 0 radical (unpaired) electrons. The number of para-hydroxylation sites is 1. The van der Waals surface area contributed by atoms with Gasteiger partial charge in [-0.15, -0.1) is 0 Å². The first kappa shape index (κ1) is 30.8. The number of anilines is 3. The summed E-state index contributed by atoms with van der Waals surface area (Å²) in [6.07, 6.45) is -0.619. The van der Waals surface area contributed by atoms with E-state index in [4.69, 9.17) is 32.2 Å². The van der Waals surface area contributed by atoms with Crippen molar-refractivity contribution in [1.82, 2.24) is 0 Å². The topological polar surface area (TPSA) is 114 Å². The Bertz CT molecular complexity index is 1680. The van der Waals surface area contributed by atoms with Crippen LogP contribution in [0.15, 0.2) is 89.8 Å². The maximum absolute atomic E-state index is 14.1. The van der Waals surface area contributed by atoms with E-state index in [1.54, 1.807) is 74.5 Å². The van der Waals surface area contributed by atoms with Gasteiger partial charge in [0, 0.05) is 26.5 Å². The Labute approximate surface area is 248 Å². The summed E-state index contributed by atoms with van der Waals surface area (Å²) in [5.74, 6) is 0. The van der Waals surface area contributed by atoms with Gasteiger partial charge in [0.05, 0.1) is 29.5 Å². The molecule has 4 rings (SSSR count). The zero-order chi connectivity index (χ0) is 29.6. The number of carbonyl (C=O) groups is 1. The van der Waals surface area contributed by atoms with Crippen LogP contribution < -0.4 is 14.9 Å². The zero-order valence-corrected chi connectivity index (χ0v) is 25.4. The largest absolute Gasteiger partial charge is 0.350 e. The third-order valence-corrected chi connectivity index (χ3v) is 10.1. The van der Waals surface area contributed by atoms with Crippen molar-refractivity contribution in [1.29, 1.82) is 0 Å². The Morgan fingerprint density at radius 3 is 2.07 bits per heavy atom. The Morgan fingerprint density at radius 1 is 0.829 bits per heavy atom. The number of hydrogen-bond acceptors (Lipinski definition) is 6. The fourth-order valence-corrected chi connectivity index (χ4v) is 8.59. The molecule has 0 fully saturated rings. The lowest BCUT2D eigenvalue weighted by Crippen LogP contribution is -2.33. The quantitative estimate of drug-likeness (QED) is 0.161. The van der Waals surface area contributed by atoms with E-state index >= 15 is 0 Å². The fourth-order valence-electron chi connectivity index (χ4n) is 4.18. The summed E-state index contributed by atoms with van der Waals surface area (Å²) >= 11 is 12.3.